The summed E-state index contributed by atoms with van der Waals surface area (Å²) in [6.45, 7) is 2.13. The molecule has 2 aliphatic rings. The van der Waals surface area contributed by atoms with Crippen molar-refractivity contribution in [1.82, 2.24) is 9.97 Å². The number of piperidine rings is 1. The number of nitrogen functional groups attached to an aromatic ring is 1. The summed E-state index contributed by atoms with van der Waals surface area (Å²) in [5.74, 6) is 2.13. The Bertz CT molecular complexity index is 476. The molecule has 3 rings (SSSR count). The number of nitrogens with two attached hydrogens (primary N) is 2. The second-order valence-electron chi connectivity index (χ2n) is 6.05. The van der Waals surface area contributed by atoms with Crippen molar-refractivity contribution in [3.63, 3.8) is 0 Å². The van der Waals surface area contributed by atoms with Gasteiger partial charge in [0, 0.05) is 37.7 Å². The van der Waals surface area contributed by atoms with E-state index in [0.29, 0.717) is 23.8 Å². The van der Waals surface area contributed by atoms with Crippen molar-refractivity contribution in [3.05, 3.63) is 11.8 Å². The van der Waals surface area contributed by atoms with Crippen LogP contribution in [0, 0.1) is 5.92 Å². The highest BCUT2D eigenvalue weighted by atomic mass is 35.5. The van der Waals surface area contributed by atoms with Gasteiger partial charge in [-0.15, -0.1) is 24.8 Å². The summed E-state index contributed by atoms with van der Waals surface area (Å²) < 4.78 is 0. The van der Waals surface area contributed by atoms with Gasteiger partial charge in [-0.3, -0.25) is 0 Å². The molecule has 22 heavy (non-hydrogen) atoms. The molecule has 1 saturated heterocycles. The first-order chi connectivity index (χ1) is 9.65. The summed E-state index contributed by atoms with van der Waals surface area (Å²) in [5.41, 5.74) is 12.7. The van der Waals surface area contributed by atoms with Gasteiger partial charge in [-0.2, -0.15) is 4.98 Å². The van der Waals surface area contributed by atoms with Gasteiger partial charge in [0.25, 0.3) is 0 Å². The van der Waals surface area contributed by atoms with E-state index in [9.17, 15) is 5.11 Å². The second kappa shape index (κ2) is 8.15. The molecule has 5 N–H and O–H groups in total. The Kier molecular flexibility index (Phi) is 7.12. The van der Waals surface area contributed by atoms with Crippen LogP contribution in [0.25, 0.3) is 0 Å². The van der Waals surface area contributed by atoms with Crippen LogP contribution in [0.2, 0.25) is 0 Å². The zero-order valence-corrected chi connectivity index (χ0v) is 14.2. The van der Waals surface area contributed by atoms with Crippen LogP contribution in [0.5, 0.6) is 0 Å². The smallest absolute Gasteiger partial charge is 0.222 e. The lowest BCUT2D eigenvalue weighted by Crippen LogP contribution is -2.37. The van der Waals surface area contributed by atoms with E-state index in [1.165, 1.54) is 0 Å². The molecule has 0 bridgehead atoms. The number of rotatable bonds is 3. The van der Waals surface area contributed by atoms with Gasteiger partial charge in [-0.1, -0.05) is 0 Å². The number of nitrogens with zero attached hydrogens (tertiary/aromatic N) is 3. The highest BCUT2D eigenvalue weighted by molar-refractivity contribution is 5.85. The molecule has 8 heteroatoms. The minimum absolute atomic E-state index is 0. The van der Waals surface area contributed by atoms with Crippen molar-refractivity contribution < 1.29 is 5.11 Å². The number of anilines is 2. The Morgan fingerprint density at radius 1 is 1.18 bits per heavy atom. The Morgan fingerprint density at radius 2 is 1.82 bits per heavy atom. The molecule has 6 nitrogen and oxygen atoms in total. The van der Waals surface area contributed by atoms with Crippen LogP contribution in [-0.4, -0.2) is 40.8 Å². The van der Waals surface area contributed by atoms with Crippen molar-refractivity contribution in [2.45, 2.75) is 37.6 Å². The minimum Gasteiger partial charge on any atom is -0.396 e. The molecule has 0 unspecified atom stereocenters. The summed E-state index contributed by atoms with van der Waals surface area (Å²) in [6, 6.07) is 2.37. The quantitative estimate of drug-likeness (QED) is 0.760. The Balaban J connectivity index is 0.00000121. The Labute approximate surface area is 143 Å². The third-order valence-corrected chi connectivity index (χ3v) is 4.54. The number of aliphatic hydroxyl groups excluding tert-OH is 1. The van der Waals surface area contributed by atoms with Crippen LogP contribution >= 0.6 is 24.8 Å². The molecule has 1 aliphatic heterocycles. The molecule has 1 saturated carbocycles. The number of hydrogen-bond donors (Lipinski definition) is 3. The highest BCUT2D eigenvalue weighted by Gasteiger charge is 2.30. The average Bonchev–Trinajstić information content (AvgIpc) is 2.43. The molecular weight excluding hydrogens is 325 g/mol. The predicted molar refractivity (Wildman–Crippen MR) is 92.9 cm³/mol. The molecule has 1 aromatic rings. The van der Waals surface area contributed by atoms with E-state index in [2.05, 4.69) is 20.9 Å². The van der Waals surface area contributed by atoms with Gasteiger partial charge in [0.05, 0.1) is 5.69 Å². The maximum Gasteiger partial charge on any atom is 0.222 e. The largest absolute Gasteiger partial charge is 0.396 e. The van der Waals surface area contributed by atoms with E-state index in [-0.39, 0.29) is 31.4 Å². The van der Waals surface area contributed by atoms with Gasteiger partial charge >= 0.3 is 0 Å². The first-order valence-corrected chi connectivity index (χ1v) is 7.41. The molecule has 1 aromatic heterocycles. The van der Waals surface area contributed by atoms with Crippen LogP contribution in [0.15, 0.2) is 6.07 Å². The minimum atomic E-state index is 0. The summed E-state index contributed by atoms with van der Waals surface area (Å²) in [7, 11) is 0. The van der Waals surface area contributed by atoms with Gasteiger partial charge in [-0.05, 0) is 31.6 Å². The zero-order chi connectivity index (χ0) is 14.1. The number of aliphatic hydroxyl groups is 1. The lowest BCUT2D eigenvalue weighted by molar-refractivity contribution is 0.203. The van der Waals surface area contributed by atoms with Gasteiger partial charge in [0.15, 0.2) is 0 Å². The normalized spacial score (nSPS) is 24.9. The maximum absolute atomic E-state index is 9.20. The van der Waals surface area contributed by atoms with Crippen LogP contribution < -0.4 is 16.4 Å². The molecule has 0 radical (unpaired) electrons. The van der Waals surface area contributed by atoms with E-state index in [4.69, 9.17) is 11.5 Å². The summed E-state index contributed by atoms with van der Waals surface area (Å²) >= 11 is 0. The fourth-order valence-electron chi connectivity index (χ4n) is 3.09. The number of hydrogen-bond acceptors (Lipinski definition) is 6. The topological polar surface area (TPSA) is 101 Å². The monoisotopic (exact) mass is 349 g/mol. The number of aromatic nitrogens is 2. The molecule has 0 atom stereocenters. The maximum atomic E-state index is 9.20. The van der Waals surface area contributed by atoms with Gasteiger partial charge < -0.3 is 21.5 Å². The summed E-state index contributed by atoms with van der Waals surface area (Å²) in [5, 5.41) is 9.20. The molecule has 0 spiro atoms. The molecule has 126 valence electrons. The predicted octanol–water partition coefficient (Wildman–Crippen LogP) is 1.32. The lowest BCUT2D eigenvalue weighted by atomic mass is 9.78. The van der Waals surface area contributed by atoms with E-state index >= 15 is 0 Å². The van der Waals surface area contributed by atoms with E-state index in [1.54, 1.807) is 0 Å². The van der Waals surface area contributed by atoms with Gasteiger partial charge in [0.2, 0.25) is 5.95 Å². The van der Waals surface area contributed by atoms with Crippen LogP contribution in [0.4, 0.5) is 11.8 Å². The fourth-order valence-corrected chi connectivity index (χ4v) is 3.09. The molecule has 2 heterocycles. The van der Waals surface area contributed by atoms with Crippen LogP contribution in [-0.2, 0) is 0 Å². The van der Waals surface area contributed by atoms with Crippen LogP contribution in [0.3, 0.4) is 0 Å². The fraction of sp³-hybridized carbons (Fsp3) is 0.714. The van der Waals surface area contributed by atoms with Gasteiger partial charge in [0.1, 0.15) is 5.82 Å². The standard InChI is InChI=1S/C14H23N5O.2ClH/c15-11-5-10(6-11)12-7-13(18-14(16)17-12)19-3-1-9(8-20)2-4-19;;/h7,9-11,20H,1-6,8,15H2,(H2,16,17,18);2*1H. The second-order valence-corrected chi connectivity index (χ2v) is 6.05. The van der Waals surface area contributed by atoms with E-state index in [0.717, 1.165) is 50.3 Å². The van der Waals surface area contributed by atoms with Crippen molar-refractivity contribution in [2.24, 2.45) is 11.7 Å². The first-order valence-electron chi connectivity index (χ1n) is 7.41. The highest BCUT2D eigenvalue weighted by Crippen LogP contribution is 2.36. The molecule has 1 aliphatic carbocycles. The molecule has 0 aromatic carbocycles. The van der Waals surface area contributed by atoms with Crippen molar-refractivity contribution in [1.29, 1.82) is 0 Å². The SMILES string of the molecule is Cl.Cl.Nc1nc(C2CC(N)C2)cc(N2CCC(CO)CC2)n1. The lowest BCUT2D eigenvalue weighted by Gasteiger charge is -2.34. The Hall–Kier alpha value is -0.820. The van der Waals surface area contributed by atoms with Crippen LogP contribution in [0.1, 0.15) is 37.3 Å². The van der Waals surface area contributed by atoms with Crippen molar-refractivity contribution in [3.8, 4) is 0 Å². The van der Waals surface area contributed by atoms with E-state index in [1.807, 2.05) is 0 Å². The summed E-state index contributed by atoms with van der Waals surface area (Å²) in [6.07, 6.45) is 3.99. The molecular formula is C14H25Cl2N5O. The van der Waals surface area contributed by atoms with Crippen molar-refractivity contribution >= 4 is 36.6 Å². The first kappa shape index (κ1) is 19.2. The molecule has 2 fully saturated rings. The molecule has 0 amide bonds. The van der Waals surface area contributed by atoms with Crippen molar-refractivity contribution in [2.75, 3.05) is 30.3 Å². The average molecular weight is 350 g/mol. The van der Waals surface area contributed by atoms with E-state index < -0.39 is 0 Å². The third kappa shape index (κ3) is 4.13. The van der Waals surface area contributed by atoms with Gasteiger partial charge in [-0.25, -0.2) is 4.98 Å². The number of halogens is 2. The summed E-state index contributed by atoms with van der Waals surface area (Å²) in [4.78, 5) is 11.0. The zero-order valence-electron chi connectivity index (χ0n) is 12.5. The third-order valence-electron chi connectivity index (χ3n) is 4.54. The Morgan fingerprint density at radius 3 is 2.36 bits per heavy atom.